The van der Waals surface area contributed by atoms with Gasteiger partial charge in [0.05, 0.1) is 5.25 Å². The Morgan fingerprint density at radius 2 is 2.21 bits per heavy atom. The van der Waals surface area contributed by atoms with E-state index in [1.165, 1.54) is 35.7 Å². The molecule has 0 unspecified atom stereocenters. The highest BCUT2D eigenvalue weighted by molar-refractivity contribution is 8.00. The fraction of sp³-hybridized carbons (Fsp3) is 0.500. The topological polar surface area (TPSA) is 84.0 Å². The van der Waals surface area contributed by atoms with Crippen molar-refractivity contribution in [1.29, 1.82) is 0 Å². The molecule has 0 saturated heterocycles. The van der Waals surface area contributed by atoms with Crippen molar-refractivity contribution in [2.75, 3.05) is 7.05 Å². The Kier molecular flexibility index (Phi) is 5.05. The molecule has 2 aromatic rings. The van der Waals surface area contributed by atoms with Crippen molar-refractivity contribution in [3.63, 3.8) is 0 Å². The van der Waals surface area contributed by atoms with Gasteiger partial charge in [0.1, 0.15) is 16.2 Å². The minimum absolute atomic E-state index is 0.330. The first-order valence-corrected chi connectivity index (χ1v) is 9.63. The van der Waals surface area contributed by atoms with Gasteiger partial charge in [0, 0.05) is 17.3 Å². The molecule has 0 aliphatic heterocycles. The van der Waals surface area contributed by atoms with Crippen LogP contribution < -0.4 is 10.6 Å². The number of thioether (sulfide) groups is 1. The number of carbonyl (C=O) groups is 2. The minimum atomic E-state index is -0.498. The number of imide groups is 1. The zero-order valence-corrected chi connectivity index (χ0v) is 15.5. The van der Waals surface area contributed by atoms with E-state index in [0.717, 1.165) is 28.1 Å². The number of aromatic nitrogens is 2. The predicted octanol–water partition coefficient (Wildman–Crippen LogP) is 2.75. The number of hydrogen-bond acceptors (Lipinski definition) is 6. The lowest BCUT2D eigenvalue weighted by Crippen LogP contribution is -2.41. The number of hydrogen-bond donors (Lipinski definition) is 2. The molecule has 6 nitrogen and oxygen atoms in total. The Hall–Kier alpha value is -1.67. The molecule has 2 aromatic heterocycles. The van der Waals surface area contributed by atoms with Crippen LogP contribution in [-0.4, -0.2) is 34.2 Å². The van der Waals surface area contributed by atoms with Crippen molar-refractivity contribution in [1.82, 2.24) is 20.6 Å². The lowest BCUT2D eigenvalue weighted by molar-refractivity contribution is -0.119. The average Bonchev–Trinajstić information content (AvgIpc) is 2.92. The van der Waals surface area contributed by atoms with E-state index in [1.807, 2.05) is 0 Å². The van der Waals surface area contributed by atoms with Gasteiger partial charge in [-0.25, -0.2) is 14.8 Å². The van der Waals surface area contributed by atoms with Crippen LogP contribution in [0.15, 0.2) is 11.4 Å². The number of carbonyl (C=O) groups excluding carboxylic acids is 2. The Balaban J connectivity index is 1.87. The molecule has 3 rings (SSSR count). The first kappa shape index (κ1) is 17.2. The van der Waals surface area contributed by atoms with Crippen molar-refractivity contribution < 1.29 is 9.59 Å². The lowest BCUT2D eigenvalue weighted by Gasteiger charge is -2.18. The molecule has 2 atom stereocenters. The van der Waals surface area contributed by atoms with Crippen LogP contribution in [-0.2, 0) is 17.6 Å². The molecule has 0 saturated carbocycles. The Morgan fingerprint density at radius 3 is 2.96 bits per heavy atom. The van der Waals surface area contributed by atoms with Crippen LogP contribution in [0.4, 0.5) is 4.79 Å². The predicted molar refractivity (Wildman–Crippen MR) is 96.5 cm³/mol. The maximum absolute atomic E-state index is 12.1. The molecular formula is C16H20N4O2S2. The van der Waals surface area contributed by atoms with Gasteiger partial charge in [-0.05, 0) is 37.7 Å². The van der Waals surface area contributed by atoms with E-state index in [4.69, 9.17) is 0 Å². The van der Waals surface area contributed by atoms with Gasteiger partial charge < -0.3 is 5.32 Å². The quantitative estimate of drug-likeness (QED) is 0.646. The summed E-state index contributed by atoms with van der Waals surface area (Å²) in [5.74, 6) is 0.371. The maximum atomic E-state index is 12.1. The lowest BCUT2D eigenvalue weighted by atomic mass is 9.89. The molecule has 128 valence electrons. The second-order valence-electron chi connectivity index (χ2n) is 6.04. The Labute approximate surface area is 148 Å². The molecule has 0 aromatic carbocycles. The second-order valence-corrected chi connectivity index (χ2v) is 8.45. The summed E-state index contributed by atoms with van der Waals surface area (Å²) >= 11 is 3.11. The molecule has 3 amide bonds. The van der Waals surface area contributed by atoms with Gasteiger partial charge in [-0.3, -0.25) is 10.1 Å². The van der Waals surface area contributed by atoms with Crippen LogP contribution in [0.25, 0.3) is 10.2 Å². The fourth-order valence-electron chi connectivity index (χ4n) is 2.83. The van der Waals surface area contributed by atoms with Crippen molar-refractivity contribution in [3.8, 4) is 0 Å². The van der Waals surface area contributed by atoms with Gasteiger partial charge in [0.25, 0.3) is 0 Å². The molecule has 24 heavy (non-hydrogen) atoms. The molecule has 1 aliphatic carbocycles. The normalized spacial score (nSPS) is 18.0. The van der Waals surface area contributed by atoms with Gasteiger partial charge in [0.2, 0.25) is 5.91 Å². The third-order valence-corrected chi connectivity index (χ3v) is 6.44. The van der Waals surface area contributed by atoms with Crippen molar-refractivity contribution >= 4 is 45.3 Å². The number of amides is 3. The van der Waals surface area contributed by atoms with Crippen LogP contribution in [0.5, 0.6) is 0 Å². The standard InChI is InChI=1S/C16H20N4O2S2/c1-8-4-5-10-11(6-8)24-15-12(10)14(18-7-19-15)23-9(2)13(21)20-16(22)17-3/h7-9H,4-6H2,1-3H3,(H2,17,20,21,22)/t8-,9-/m0/s1. The first-order chi connectivity index (χ1) is 11.5. The highest BCUT2D eigenvalue weighted by Crippen LogP contribution is 2.41. The monoisotopic (exact) mass is 364 g/mol. The summed E-state index contributed by atoms with van der Waals surface area (Å²) in [5, 5.41) is 6.19. The van der Waals surface area contributed by atoms with Gasteiger partial charge in [0.15, 0.2) is 0 Å². The summed E-state index contributed by atoms with van der Waals surface area (Å²) in [7, 11) is 1.48. The summed E-state index contributed by atoms with van der Waals surface area (Å²) in [6.07, 6.45) is 4.85. The Bertz CT molecular complexity index is 790. The van der Waals surface area contributed by atoms with Crippen molar-refractivity contribution in [3.05, 3.63) is 16.8 Å². The molecule has 0 fully saturated rings. The largest absolute Gasteiger partial charge is 0.341 e. The molecule has 1 aliphatic rings. The van der Waals surface area contributed by atoms with E-state index < -0.39 is 11.3 Å². The number of fused-ring (bicyclic) bond motifs is 3. The van der Waals surface area contributed by atoms with Crippen molar-refractivity contribution in [2.45, 2.75) is 43.4 Å². The third kappa shape index (κ3) is 3.39. The molecule has 0 spiro atoms. The number of rotatable bonds is 3. The average molecular weight is 364 g/mol. The van der Waals surface area contributed by atoms with Gasteiger partial charge in [-0.1, -0.05) is 18.7 Å². The van der Waals surface area contributed by atoms with E-state index in [-0.39, 0.29) is 5.91 Å². The maximum Gasteiger partial charge on any atom is 0.321 e. The van der Waals surface area contributed by atoms with E-state index in [9.17, 15) is 9.59 Å². The number of thiophene rings is 1. The third-order valence-electron chi connectivity index (χ3n) is 4.18. The number of nitrogens with zero attached hydrogens (tertiary/aromatic N) is 2. The molecular weight excluding hydrogens is 344 g/mol. The van der Waals surface area contributed by atoms with E-state index >= 15 is 0 Å². The highest BCUT2D eigenvalue weighted by atomic mass is 32.2. The number of urea groups is 1. The molecule has 0 radical (unpaired) electrons. The molecule has 8 heteroatoms. The van der Waals surface area contributed by atoms with E-state index in [0.29, 0.717) is 5.92 Å². The molecule has 0 bridgehead atoms. The fourth-order valence-corrected chi connectivity index (χ4v) is 5.19. The van der Waals surface area contributed by atoms with Gasteiger partial charge in [-0.15, -0.1) is 11.3 Å². The van der Waals surface area contributed by atoms with Crippen LogP contribution in [0, 0.1) is 5.92 Å². The zero-order valence-electron chi connectivity index (χ0n) is 13.9. The van der Waals surface area contributed by atoms with Gasteiger partial charge >= 0.3 is 6.03 Å². The van der Waals surface area contributed by atoms with Crippen LogP contribution in [0.3, 0.4) is 0 Å². The minimum Gasteiger partial charge on any atom is -0.341 e. The summed E-state index contributed by atoms with van der Waals surface area (Å²) in [4.78, 5) is 34.6. The Morgan fingerprint density at radius 1 is 1.42 bits per heavy atom. The smallest absolute Gasteiger partial charge is 0.321 e. The van der Waals surface area contributed by atoms with Crippen molar-refractivity contribution in [2.24, 2.45) is 5.92 Å². The van der Waals surface area contributed by atoms with E-state index in [1.54, 1.807) is 24.6 Å². The second kappa shape index (κ2) is 7.06. The van der Waals surface area contributed by atoms with Gasteiger partial charge in [-0.2, -0.15) is 0 Å². The first-order valence-electron chi connectivity index (χ1n) is 7.94. The number of aryl methyl sites for hydroxylation is 1. The molecule has 2 N–H and O–H groups in total. The van der Waals surface area contributed by atoms with E-state index in [2.05, 4.69) is 27.5 Å². The zero-order chi connectivity index (χ0) is 17.3. The summed E-state index contributed by atoms with van der Waals surface area (Å²) < 4.78 is 0. The van der Waals surface area contributed by atoms with Crippen LogP contribution in [0.2, 0.25) is 0 Å². The SMILES string of the molecule is CNC(=O)NC(=O)[C@H](C)Sc1ncnc2sc3c(c12)CC[C@H](C)C3. The summed E-state index contributed by atoms with van der Waals surface area (Å²) in [5.41, 5.74) is 1.34. The highest BCUT2D eigenvalue weighted by Gasteiger charge is 2.25. The van der Waals surface area contributed by atoms with Crippen LogP contribution in [0.1, 0.15) is 30.7 Å². The summed E-state index contributed by atoms with van der Waals surface area (Å²) in [6.45, 7) is 4.05. The molecule has 2 heterocycles. The summed E-state index contributed by atoms with van der Waals surface area (Å²) in [6, 6.07) is -0.498. The van der Waals surface area contributed by atoms with Crippen LogP contribution >= 0.6 is 23.1 Å². The number of nitrogens with one attached hydrogen (secondary N) is 2.